The summed E-state index contributed by atoms with van der Waals surface area (Å²) in [5.74, 6) is -0.422. The van der Waals surface area contributed by atoms with Gasteiger partial charge >= 0.3 is 0 Å². The number of aliphatic hydroxyl groups is 1. The molecule has 1 unspecified atom stereocenters. The molecule has 1 aromatic carbocycles. The van der Waals surface area contributed by atoms with Crippen LogP contribution < -0.4 is 0 Å². The first-order valence-electron chi connectivity index (χ1n) is 5.96. The molecule has 0 radical (unpaired) electrons. The molecular formula is C15H14FNO2. The lowest BCUT2D eigenvalue weighted by molar-refractivity contribution is -0.118. The lowest BCUT2D eigenvalue weighted by Gasteiger charge is -2.09. The van der Waals surface area contributed by atoms with Gasteiger partial charge in [-0.25, -0.2) is 4.39 Å². The van der Waals surface area contributed by atoms with Crippen LogP contribution in [0.2, 0.25) is 0 Å². The molecule has 3 nitrogen and oxygen atoms in total. The number of Topliss-reactive ketones (excluding diaryl/α,β-unsaturated/α-hetero) is 1. The van der Waals surface area contributed by atoms with E-state index in [1.54, 1.807) is 30.3 Å². The molecular weight excluding hydrogens is 245 g/mol. The highest BCUT2D eigenvalue weighted by atomic mass is 19.1. The van der Waals surface area contributed by atoms with Crippen LogP contribution >= 0.6 is 0 Å². The van der Waals surface area contributed by atoms with Crippen LogP contribution in [0.15, 0.2) is 42.6 Å². The van der Waals surface area contributed by atoms with Crippen molar-refractivity contribution in [2.45, 2.75) is 19.4 Å². The molecule has 2 aromatic rings. The molecule has 0 aliphatic rings. The maximum atomic E-state index is 13.6. The third kappa shape index (κ3) is 3.23. The number of carbonyl (C=O) groups excluding carboxylic acids is 1. The topological polar surface area (TPSA) is 50.2 Å². The Bertz CT molecular complexity index is 581. The first-order valence-corrected chi connectivity index (χ1v) is 5.96. The Balaban J connectivity index is 2.24. The van der Waals surface area contributed by atoms with Gasteiger partial charge in [0.2, 0.25) is 0 Å². The number of carbonyl (C=O) groups is 1. The zero-order valence-corrected chi connectivity index (χ0v) is 10.5. The zero-order valence-electron chi connectivity index (χ0n) is 10.5. The minimum absolute atomic E-state index is 0.0338. The monoisotopic (exact) mass is 259 g/mol. The van der Waals surface area contributed by atoms with Gasteiger partial charge in [0.05, 0.1) is 5.69 Å². The lowest BCUT2D eigenvalue weighted by Crippen LogP contribution is -2.05. The summed E-state index contributed by atoms with van der Waals surface area (Å²) >= 11 is 0. The Morgan fingerprint density at radius 1 is 1.32 bits per heavy atom. The van der Waals surface area contributed by atoms with Crippen molar-refractivity contribution < 1.29 is 14.3 Å². The zero-order chi connectivity index (χ0) is 13.8. The molecule has 2 rings (SSSR count). The largest absolute Gasteiger partial charge is 0.386 e. The van der Waals surface area contributed by atoms with Gasteiger partial charge in [-0.3, -0.25) is 9.78 Å². The van der Waals surface area contributed by atoms with Crippen molar-refractivity contribution >= 4 is 5.78 Å². The van der Waals surface area contributed by atoms with Crippen LogP contribution in [0.1, 0.15) is 25.1 Å². The first kappa shape index (κ1) is 13.4. The summed E-state index contributed by atoms with van der Waals surface area (Å²) in [6.07, 6.45) is 0.621. The van der Waals surface area contributed by atoms with Crippen molar-refractivity contribution in [3.8, 4) is 11.1 Å². The smallest absolute Gasteiger partial charge is 0.132 e. The number of aromatic nitrogens is 1. The fraction of sp³-hybridized carbons (Fsp3) is 0.200. The van der Waals surface area contributed by atoms with E-state index in [1.807, 2.05) is 0 Å². The van der Waals surface area contributed by atoms with Crippen molar-refractivity contribution in [1.82, 2.24) is 4.98 Å². The second-order valence-electron chi connectivity index (χ2n) is 4.37. The van der Waals surface area contributed by atoms with Crippen LogP contribution in [-0.2, 0) is 4.79 Å². The Hall–Kier alpha value is -2.07. The predicted molar refractivity (Wildman–Crippen MR) is 69.9 cm³/mol. The summed E-state index contributed by atoms with van der Waals surface area (Å²) in [5.41, 5.74) is 1.51. The number of halogens is 1. The number of pyridine rings is 1. The van der Waals surface area contributed by atoms with Crippen LogP contribution in [0, 0.1) is 5.82 Å². The number of aliphatic hydroxyl groups excluding tert-OH is 1. The quantitative estimate of drug-likeness (QED) is 0.918. The molecule has 98 valence electrons. The molecule has 1 heterocycles. The standard InChI is InChI=1S/C15H14FNO2/c1-10(18)8-15(19)14-7-6-11(9-17-14)12-4-2-3-5-13(12)16/h2-7,9,15,19H,8H2,1H3. The van der Waals surface area contributed by atoms with E-state index in [-0.39, 0.29) is 18.0 Å². The highest BCUT2D eigenvalue weighted by Gasteiger charge is 2.12. The highest BCUT2D eigenvalue weighted by Crippen LogP contribution is 2.23. The molecule has 1 aromatic heterocycles. The molecule has 1 atom stereocenters. The minimum atomic E-state index is -0.910. The third-order valence-electron chi connectivity index (χ3n) is 2.79. The van der Waals surface area contributed by atoms with Crippen LogP contribution in [0.5, 0.6) is 0 Å². The van der Waals surface area contributed by atoms with Crippen LogP contribution in [-0.4, -0.2) is 15.9 Å². The SMILES string of the molecule is CC(=O)CC(O)c1ccc(-c2ccccc2F)cn1. The molecule has 0 aliphatic heterocycles. The molecule has 0 aliphatic carbocycles. The minimum Gasteiger partial charge on any atom is -0.386 e. The Kier molecular flexibility index (Phi) is 4.02. The van der Waals surface area contributed by atoms with Gasteiger partial charge in [-0.2, -0.15) is 0 Å². The average Bonchev–Trinajstić information content (AvgIpc) is 2.39. The van der Waals surface area contributed by atoms with Gasteiger partial charge in [0.25, 0.3) is 0 Å². The second kappa shape index (κ2) is 5.71. The third-order valence-corrected chi connectivity index (χ3v) is 2.79. The Labute approximate surface area is 110 Å². The molecule has 0 bridgehead atoms. The Morgan fingerprint density at radius 3 is 2.63 bits per heavy atom. The predicted octanol–water partition coefficient (Wildman–Crippen LogP) is 2.90. The van der Waals surface area contributed by atoms with Gasteiger partial charge in [0, 0.05) is 23.7 Å². The first-order chi connectivity index (χ1) is 9.08. The van der Waals surface area contributed by atoms with E-state index in [9.17, 15) is 14.3 Å². The van der Waals surface area contributed by atoms with E-state index in [0.717, 1.165) is 0 Å². The van der Waals surface area contributed by atoms with E-state index in [0.29, 0.717) is 16.8 Å². The van der Waals surface area contributed by atoms with Gasteiger partial charge in [0.1, 0.15) is 17.7 Å². The second-order valence-corrected chi connectivity index (χ2v) is 4.37. The number of hydrogen-bond acceptors (Lipinski definition) is 3. The Morgan fingerprint density at radius 2 is 2.05 bits per heavy atom. The molecule has 19 heavy (non-hydrogen) atoms. The number of hydrogen-bond donors (Lipinski definition) is 1. The number of benzene rings is 1. The molecule has 0 saturated heterocycles. The summed E-state index contributed by atoms with van der Waals surface area (Å²) in [5, 5.41) is 9.75. The van der Waals surface area contributed by atoms with E-state index >= 15 is 0 Å². The van der Waals surface area contributed by atoms with Crippen molar-refractivity contribution in [2.75, 3.05) is 0 Å². The maximum absolute atomic E-state index is 13.6. The van der Waals surface area contributed by atoms with Crippen LogP contribution in [0.3, 0.4) is 0 Å². The van der Waals surface area contributed by atoms with Gasteiger partial charge in [-0.1, -0.05) is 24.3 Å². The van der Waals surface area contributed by atoms with E-state index in [1.165, 1.54) is 19.2 Å². The van der Waals surface area contributed by atoms with Gasteiger partial charge < -0.3 is 5.11 Å². The van der Waals surface area contributed by atoms with E-state index in [2.05, 4.69) is 4.98 Å². The fourth-order valence-electron chi connectivity index (χ4n) is 1.83. The van der Waals surface area contributed by atoms with Gasteiger partial charge in [0.15, 0.2) is 0 Å². The molecule has 0 saturated carbocycles. The number of ketones is 1. The van der Waals surface area contributed by atoms with E-state index < -0.39 is 6.10 Å². The van der Waals surface area contributed by atoms with Crippen LogP contribution in [0.4, 0.5) is 4.39 Å². The summed E-state index contributed by atoms with van der Waals surface area (Å²) in [6.45, 7) is 1.41. The van der Waals surface area contributed by atoms with E-state index in [4.69, 9.17) is 0 Å². The summed E-state index contributed by atoms with van der Waals surface area (Å²) in [6, 6.07) is 9.71. The molecule has 4 heteroatoms. The average molecular weight is 259 g/mol. The van der Waals surface area contributed by atoms with Crippen molar-refractivity contribution in [3.63, 3.8) is 0 Å². The molecule has 1 N–H and O–H groups in total. The van der Waals surface area contributed by atoms with Crippen molar-refractivity contribution in [3.05, 3.63) is 54.1 Å². The highest BCUT2D eigenvalue weighted by molar-refractivity contribution is 5.76. The number of nitrogens with zero attached hydrogens (tertiary/aromatic N) is 1. The van der Waals surface area contributed by atoms with Gasteiger partial charge in [-0.15, -0.1) is 0 Å². The summed E-state index contributed by atoms with van der Waals surface area (Å²) in [7, 11) is 0. The van der Waals surface area contributed by atoms with Gasteiger partial charge in [-0.05, 0) is 19.1 Å². The summed E-state index contributed by atoms with van der Waals surface area (Å²) in [4.78, 5) is 15.0. The summed E-state index contributed by atoms with van der Waals surface area (Å²) < 4.78 is 13.6. The number of rotatable bonds is 4. The fourth-order valence-corrected chi connectivity index (χ4v) is 1.83. The normalized spacial score (nSPS) is 12.2. The molecule has 0 spiro atoms. The molecule has 0 amide bonds. The lowest BCUT2D eigenvalue weighted by atomic mass is 10.1. The van der Waals surface area contributed by atoms with Crippen molar-refractivity contribution in [2.24, 2.45) is 0 Å². The maximum Gasteiger partial charge on any atom is 0.132 e. The van der Waals surface area contributed by atoms with Crippen LogP contribution in [0.25, 0.3) is 11.1 Å². The van der Waals surface area contributed by atoms with Crippen molar-refractivity contribution in [1.29, 1.82) is 0 Å². The molecule has 0 fully saturated rings.